The minimum Gasteiger partial charge on any atom is -0.308 e. The molecule has 2 aromatic carbocycles. The zero-order valence-electron chi connectivity index (χ0n) is 14.9. The van der Waals surface area contributed by atoms with Gasteiger partial charge in [-0.05, 0) is 50.1 Å². The summed E-state index contributed by atoms with van der Waals surface area (Å²) in [6, 6.07) is 10.6. The van der Waals surface area contributed by atoms with E-state index in [0.29, 0.717) is 13.0 Å². The van der Waals surface area contributed by atoms with Crippen molar-refractivity contribution in [2.75, 3.05) is 18.5 Å². The zero-order chi connectivity index (χ0) is 19.1. The van der Waals surface area contributed by atoms with Gasteiger partial charge in [0.25, 0.3) is 5.91 Å². The molecule has 5 nitrogen and oxygen atoms in total. The van der Waals surface area contributed by atoms with Crippen molar-refractivity contribution in [3.63, 3.8) is 0 Å². The molecule has 1 heterocycles. The van der Waals surface area contributed by atoms with Gasteiger partial charge in [-0.25, -0.2) is 12.8 Å². The van der Waals surface area contributed by atoms with Gasteiger partial charge in [-0.1, -0.05) is 18.2 Å². The van der Waals surface area contributed by atoms with Gasteiger partial charge in [-0.15, -0.1) is 0 Å². The van der Waals surface area contributed by atoms with Crippen molar-refractivity contribution in [3.8, 4) is 0 Å². The number of hydrogen-bond acceptors (Lipinski definition) is 3. The molecule has 1 amide bonds. The summed E-state index contributed by atoms with van der Waals surface area (Å²) in [5, 5.41) is 0. The maximum absolute atomic E-state index is 14.3. The molecule has 1 aliphatic heterocycles. The van der Waals surface area contributed by atoms with Crippen molar-refractivity contribution in [1.82, 2.24) is 4.31 Å². The molecule has 0 N–H and O–H groups in total. The first-order valence-electron chi connectivity index (χ1n) is 8.41. The van der Waals surface area contributed by atoms with E-state index in [-0.39, 0.29) is 16.5 Å². The standard InChI is InChI=1S/C19H21FN2O3S/c1-13(2)21(3)26(24,25)15-8-9-17(20)16(12-15)19(23)22-11-10-14-6-4-5-7-18(14)22/h4-9,12-13H,10-11H2,1-3H3. The van der Waals surface area contributed by atoms with Crippen LogP contribution in [0.25, 0.3) is 0 Å². The predicted octanol–water partition coefficient (Wildman–Crippen LogP) is 3.06. The zero-order valence-corrected chi connectivity index (χ0v) is 15.8. The van der Waals surface area contributed by atoms with E-state index in [1.807, 2.05) is 24.3 Å². The van der Waals surface area contributed by atoms with E-state index in [1.54, 1.807) is 13.8 Å². The summed E-state index contributed by atoms with van der Waals surface area (Å²) in [6.07, 6.45) is 0.692. The van der Waals surface area contributed by atoms with E-state index in [0.717, 1.165) is 23.4 Å². The van der Waals surface area contributed by atoms with Gasteiger partial charge >= 0.3 is 0 Å². The van der Waals surface area contributed by atoms with Gasteiger partial charge in [0, 0.05) is 25.3 Å². The lowest BCUT2D eigenvalue weighted by molar-refractivity contribution is 0.0985. The van der Waals surface area contributed by atoms with Crippen LogP contribution < -0.4 is 4.90 Å². The van der Waals surface area contributed by atoms with Gasteiger partial charge in [0.1, 0.15) is 5.82 Å². The lowest BCUT2D eigenvalue weighted by Crippen LogP contribution is -2.34. The normalized spacial score (nSPS) is 14.2. The van der Waals surface area contributed by atoms with Gasteiger partial charge < -0.3 is 4.90 Å². The lowest BCUT2D eigenvalue weighted by atomic mass is 10.1. The maximum Gasteiger partial charge on any atom is 0.261 e. The molecule has 0 atom stereocenters. The Morgan fingerprint density at radius 1 is 1.19 bits per heavy atom. The first-order valence-corrected chi connectivity index (χ1v) is 9.85. The van der Waals surface area contributed by atoms with Crippen LogP contribution in [-0.4, -0.2) is 38.3 Å². The number of anilines is 1. The molecule has 0 saturated heterocycles. The smallest absolute Gasteiger partial charge is 0.261 e. The first kappa shape index (κ1) is 18.5. The van der Waals surface area contributed by atoms with Crippen molar-refractivity contribution in [3.05, 3.63) is 59.4 Å². The number of hydrogen-bond donors (Lipinski definition) is 0. The SMILES string of the molecule is CC(C)N(C)S(=O)(=O)c1ccc(F)c(C(=O)N2CCc3ccccc32)c1. The van der Waals surface area contributed by atoms with Crippen LogP contribution in [0.15, 0.2) is 47.4 Å². The van der Waals surface area contributed by atoms with E-state index in [9.17, 15) is 17.6 Å². The largest absolute Gasteiger partial charge is 0.308 e. The average molecular weight is 376 g/mol. The number of sulfonamides is 1. The first-order chi connectivity index (χ1) is 12.2. The third-order valence-corrected chi connectivity index (χ3v) is 6.73. The van der Waals surface area contributed by atoms with E-state index in [4.69, 9.17) is 0 Å². The average Bonchev–Trinajstić information content (AvgIpc) is 3.04. The minimum absolute atomic E-state index is 0.0917. The molecule has 1 aliphatic rings. The molecule has 0 bridgehead atoms. The summed E-state index contributed by atoms with van der Waals surface area (Å²) in [6.45, 7) is 3.93. The highest BCUT2D eigenvalue weighted by atomic mass is 32.2. The second-order valence-electron chi connectivity index (χ2n) is 6.59. The maximum atomic E-state index is 14.3. The molecule has 0 spiro atoms. The molecular formula is C19H21FN2O3S. The van der Waals surface area contributed by atoms with Crippen molar-refractivity contribution >= 4 is 21.6 Å². The number of nitrogens with zero attached hydrogens (tertiary/aromatic N) is 2. The second-order valence-corrected chi connectivity index (χ2v) is 8.59. The fourth-order valence-electron chi connectivity index (χ4n) is 2.97. The van der Waals surface area contributed by atoms with Crippen LogP contribution in [-0.2, 0) is 16.4 Å². The van der Waals surface area contributed by atoms with Crippen LogP contribution in [0.2, 0.25) is 0 Å². The summed E-state index contributed by atoms with van der Waals surface area (Å²) in [4.78, 5) is 14.3. The number of amides is 1. The summed E-state index contributed by atoms with van der Waals surface area (Å²) in [7, 11) is -2.34. The van der Waals surface area contributed by atoms with E-state index < -0.39 is 21.7 Å². The Bertz CT molecular complexity index is 957. The van der Waals surface area contributed by atoms with Crippen LogP contribution in [0.4, 0.5) is 10.1 Å². The Morgan fingerprint density at radius 2 is 1.88 bits per heavy atom. The van der Waals surface area contributed by atoms with Crippen LogP contribution in [0, 0.1) is 5.82 Å². The van der Waals surface area contributed by atoms with E-state index >= 15 is 0 Å². The number of benzene rings is 2. The molecule has 2 aromatic rings. The quantitative estimate of drug-likeness (QED) is 0.824. The van der Waals surface area contributed by atoms with Crippen LogP contribution in [0.3, 0.4) is 0 Å². The molecule has 26 heavy (non-hydrogen) atoms. The third-order valence-electron chi connectivity index (χ3n) is 4.70. The van der Waals surface area contributed by atoms with Crippen molar-refractivity contribution in [1.29, 1.82) is 0 Å². The Hall–Kier alpha value is -2.25. The number of carbonyl (C=O) groups is 1. The fourth-order valence-corrected chi connectivity index (χ4v) is 4.36. The third kappa shape index (κ3) is 3.12. The molecule has 0 radical (unpaired) electrons. The highest BCUT2D eigenvalue weighted by Crippen LogP contribution is 2.30. The van der Waals surface area contributed by atoms with E-state index in [2.05, 4.69) is 0 Å². The molecule has 0 fully saturated rings. The Kier molecular flexibility index (Phi) is 4.86. The summed E-state index contributed by atoms with van der Waals surface area (Å²) in [5.41, 5.74) is 1.52. The van der Waals surface area contributed by atoms with Crippen molar-refractivity contribution < 1.29 is 17.6 Å². The summed E-state index contributed by atoms with van der Waals surface area (Å²) >= 11 is 0. The molecule has 0 saturated carbocycles. The lowest BCUT2D eigenvalue weighted by Gasteiger charge is -2.22. The van der Waals surface area contributed by atoms with Crippen LogP contribution in [0.5, 0.6) is 0 Å². The summed E-state index contributed by atoms with van der Waals surface area (Å²) < 4.78 is 40.9. The molecule has 0 aliphatic carbocycles. The highest BCUT2D eigenvalue weighted by Gasteiger charge is 2.29. The van der Waals surface area contributed by atoms with Gasteiger partial charge in [-0.2, -0.15) is 4.31 Å². The molecule has 3 rings (SSSR count). The fraction of sp³-hybridized carbons (Fsp3) is 0.316. The van der Waals surface area contributed by atoms with Gasteiger partial charge in [0.15, 0.2) is 0 Å². The van der Waals surface area contributed by atoms with Crippen molar-refractivity contribution in [2.45, 2.75) is 31.2 Å². The van der Waals surface area contributed by atoms with Crippen LogP contribution >= 0.6 is 0 Å². The number of rotatable bonds is 4. The number of fused-ring (bicyclic) bond motifs is 1. The van der Waals surface area contributed by atoms with Gasteiger partial charge in [0.05, 0.1) is 10.5 Å². The summed E-state index contributed by atoms with van der Waals surface area (Å²) in [5.74, 6) is -1.26. The predicted molar refractivity (Wildman–Crippen MR) is 98.3 cm³/mol. The minimum atomic E-state index is -3.80. The number of carbonyl (C=O) groups excluding carboxylic acids is 1. The molecule has 0 aromatic heterocycles. The Labute approximate surface area is 153 Å². The molecule has 0 unspecified atom stereocenters. The molecule has 7 heteroatoms. The number of halogens is 1. The topological polar surface area (TPSA) is 57.7 Å². The Balaban J connectivity index is 2.01. The Morgan fingerprint density at radius 3 is 2.58 bits per heavy atom. The van der Waals surface area contributed by atoms with Crippen molar-refractivity contribution in [2.24, 2.45) is 0 Å². The monoisotopic (exact) mass is 376 g/mol. The van der Waals surface area contributed by atoms with Crippen LogP contribution in [0.1, 0.15) is 29.8 Å². The van der Waals surface area contributed by atoms with Gasteiger partial charge in [0.2, 0.25) is 10.0 Å². The van der Waals surface area contributed by atoms with Gasteiger partial charge in [-0.3, -0.25) is 4.79 Å². The highest BCUT2D eigenvalue weighted by molar-refractivity contribution is 7.89. The second kappa shape index (κ2) is 6.81. The number of para-hydroxylation sites is 1. The van der Waals surface area contributed by atoms with E-state index in [1.165, 1.54) is 22.3 Å². The molecular weight excluding hydrogens is 355 g/mol. The molecule has 138 valence electrons.